The average Bonchev–Trinajstić information content (AvgIpc) is 2.58. The Labute approximate surface area is 168 Å². The highest BCUT2D eigenvalue weighted by Gasteiger charge is 2.14. The Kier molecular flexibility index (Phi) is 19.5. The van der Waals surface area contributed by atoms with Gasteiger partial charge < -0.3 is 16.0 Å². The Morgan fingerprint density at radius 1 is 1.04 bits per heavy atom. The lowest BCUT2D eigenvalue weighted by atomic mass is 10.2. The van der Waals surface area contributed by atoms with E-state index >= 15 is 0 Å². The van der Waals surface area contributed by atoms with Crippen molar-refractivity contribution in [3.05, 3.63) is 0 Å². The molecule has 7 nitrogen and oxygen atoms in total. The van der Waals surface area contributed by atoms with Gasteiger partial charge in [-0.05, 0) is 28.4 Å². The van der Waals surface area contributed by atoms with Gasteiger partial charge in [0.2, 0.25) is 17.7 Å². The van der Waals surface area contributed by atoms with Crippen LogP contribution >= 0.6 is 30.3 Å². The number of amides is 3. The van der Waals surface area contributed by atoms with E-state index in [4.69, 9.17) is 0 Å². The normalized spacial score (nSPS) is 11.2. The summed E-state index contributed by atoms with van der Waals surface area (Å²) in [5.41, 5.74) is 0. The largest absolute Gasteiger partial charge is 0.356 e. The highest BCUT2D eigenvalue weighted by molar-refractivity contribution is 14.2. The molecule has 0 saturated heterocycles. The van der Waals surface area contributed by atoms with Crippen molar-refractivity contribution in [3.8, 4) is 0 Å². The lowest BCUT2D eigenvalue weighted by Crippen LogP contribution is -2.47. The number of hydrogen-bond acceptors (Lipinski definition) is 5. The Balaban J connectivity index is 0. The molecule has 0 fully saturated rings. The number of unbranched alkanes of at least 4 members (excludes halogenated alkanes) is 1. The minimum absolute atomic E-state index is 0.149. The molecule has 0 aliphatic rings. The van der Waals surface area contributed by atoms with Crippen LogP contribution in [0, 0.1) is 5.92 Å². The van der Waals surface area contributed by atoms with E-state index in [0.29, 0.717) is 18.9 Å². The quantitative estimate of drug-likeness (QED) is 0.203. The van der Waals surface area contributed by atoms with Gasteiger partial charge >= 0.3 is 0 Å². The maximum Gasteiger partial charge on any atom is 0.242 e. The molecule has 0 bridgehead atoms. The van der Waals surface area contributed by atoms with E-state index in [0.717, 1.165) is 19.4 Å². The molecule has 0 aromatic heterocycles. The second-order valence-electron chi connectivity index (χ2n) is 5.88. The minimum Gasteiger partial charge on any atom is -0.356 e. The van der Waals surface area contributed by atoms with Crippen LogP contribution in [0.15, 0.2) is 0 Å². The van der Waals surface area contributed by atoms with Crippen molar-refractivity contribution in [3.63, 3.8) is 0 Å². The van der Waals surface area contributed by atoms with Crippen molar-refractivity contribution < 1.29 is 14.4 Å². The van der Waals surface area contributed by atoms with E-state index < -0.39 is 6.04 Å². The molecule has 0 heterocycles. The van der Waals surface area contributed by atoms with Gasteiger partial charge in [0.15, 0.2) is 0 Å². The number of rotatable bonds is 11. The summed E-state index contributed by atoms with van der Waals surface area (Å²) in [7, 11) is 1.34. The monoisotopic (exact) mass is 488 g/mol. The third-order valence-corrected chi connectivity index (χ3v) is 4.10. The van der Waals surface area contributed by atoms with Gasteiger partial charge in [0, 0.05) is 40.7 Å². The zero-order chi connectivity index (χ0) is 19.7. The average molecular weight is 488 g/mol. The van der Waals surface area contributed by atoms with Crippen molar-refractivity contribution in [1.29, 1.82) is 0 Å². The van der Waals surface area contributed by atoms with Gasteiger partial charge in [-0.1, -0.05) is 34.1 Å². The fraction of sp³-hybridized carbons (Fsp3) is 0.812. The van der Waals surface area contributed by atoms with Crippen LogP contribution in [0.5, 0.6) is 0 Å². The first kappa shape index (κ1) is 26.7. The smallest absolute Gasteiger partial charge is 0.242 e. The molecular weight excluding hydrogens is 455 g/mol. The molecule has 0 aliphatic heterocycles. The fourth-order valence-corrected chi connectivity index (χ4v) is 2.09. The van der Waals surface area contributed by atoms with Crippen LogP contribution in [-0.2, 0) is 14.4 Å². The first-order valence-corrected chi connectivity index (χ1v) is 12.0. The van der Waals surface area contributed by atoms with Crippen LogP contribution in [0.25, 0.3) is 0 Å². The lowest BCUT2D eigenvalue weighted by Gasteiger charge is -2.15. The molecule has 0 aromatic rings. The Morgan fingerprint density at radius 3 is 2.16 bits per heavy atom. The first-order valence-electron chi connectivity index (χ1n) is 8.62. The molecule has 4 N–H and O–H groups in total. The maximum atomic E-state index is 11.5. The molecular formula is C16H33IN4O3S. The van der Waals surface area contributed by atoms with E-state index in [1.165, 1.54) is 9.12 Å². The number of carbonyl (C=O) groups excluding carboxylic acids is 3. The van der Waals surface area contributed by atoms with Gasteiger partial charge in [-0.15, -0.1) is 0 Å². The maximum absolute atomic E-state index is 11.5. The van der Waals surface area contributed by atoms with Crippen molar-refractivity contribution in [2.75, 3.05) is 19.6 Å². The molecule has 1 atom stereocenters. The molecule has 0 aliphatic carbocycles. The topological polar surface area (TPSA) is 99.3 Å². The summed E-state index contributed by atoms with van der Waals surface area (Å²) in [5, 5.41) is 8.16. The zero-order valence-corrected chi connectivity index (χ0v) is 18.9. The zero-order valence-electron chi connectivity index (χ0n) is 15.9. The number of carbonyl (C=O) groups is 3. The predicted octanol–water partition coefficient (Wildman–Crippen LogP) is 2.16. The van der Waals surface area contributed by atoms with Crippen molar-refractivity contribution in [1.82, 2.24) is 20.7 Å². The highest BCUT2D eigenvalue weighted by atomic mass is 127. The van der Waals surface area contributed by atoms with Gasteiger partial charge in [-0.25, -0.2) is 4.72 Å². The number of halogens is 1. The van der Waals surface area contributed by atoms with Crippen molar-refractivity contribution in [2.24, 2.45) is 5.92 Å². The van der Waals surface area contributed by atoms with E-state index in [1.807, 2.05) is 42.0 Å². The molecule has 0 rings (SSSR count). The first-order chi connectivity index (χ1) is 11.8. The van der Waals surface area contributed by atoms with E-state index in [9.17, 15) is 14.4 Å². The summed E-state index contributed by atoms with van der Waals surface area (Å²) >= 11 is 2.03. The van der Waals surface area contributed by atoms with Gasteiger partial charge in [-0.3, -0.25) is 14.4 Å². The molecule has 3 amide bonds. The van der Waals surface area contributed by atoms with Gasteiger partial charge in [0.1, 0.15) is 6.04 Å². The molecule has 25 heavy (non-hydrogen) atoms. The molecule has 148 valence electrons. The van der Waals surface area contributed by atoms with Crippen molar-refractivity contribution in [2.45, 2.75) is 59.9 Å². The van der Waals surface area contributed by atoms with Crippen LogP contribution < -0.4 is 20.7 Å². The van der Waals surface area contributed by atoms with Gasteiger partial charge in [-0.2, -0.15) is 0 Å². The van der Waals surface area contributed by atoms with E-state index in [2.05, 4.69) is 27.6 Å². The third kappa shape index (κ3) is 19.6. The van der Waals surface area contributed by atoms with Crippen LogP contribution in [0.1, 0.15) is 53.9 Å². The van der Waals surface area contributed by atoms with E-state index in [1.54, 1.807) is 6.92 Å². The Bertz CT molecular complexity index is 384. The lowest BCUT2D eigenvalue weighted by molar-refractivity contribution is -0.128. The SMILES string of the molecule is CC(C)CNC(=O)C(C)NC(=O)CNSI.CCCCNC(=O)CC. The second kappa shape index (κ2) is 18.2. The van der Waals surface area contributed by atoms with Crippen molar-refractivity contribution >= 4 is 48.0 Å². The second-order valence-corrected chi connectivity index (χ2v) is 7.65. The molecule has 0 aromatic carbocycles. The number of hydrogen-bond donors (Lipinski definition) is 4. The summed E-state index contributed by atoms with van der Waals surface area (Å²) in [6.45, 7) is 11.3. The van der Waals surface area contributed by atoms with Crippen LogP contribution in [0.4, 0.5) is 0 Å². The van der Waals surface area contributed by atoms with Crippen LogP contribution in [-0.4, -0.2) is 43.4 Å². The Hall–Kier alpha value is -0.550. The Morgan fingerprint density at radius 2 is 1.68 bits per heavy atom. The summed E-state index contributed by atoms with van der Waals surface area (Å²) in [6, 6.07) is -0.493. The summed E-state index contributed by atoms with van der Waals surface area (Å²) in [6.07, 6.45) is 2.83. The van der Waals surface area contributed by atoms with Gasteiger partial charge in [0.25, 0.3) is 0 Å². The molecule has 1 unspecified atom stereocenters. The summed E-state index contributed by atoms with van der Waals surface area (Å²) in [4.78, 5) is 33.4. The molecule has 9 heteroatoms. The standard InChI is InChI=1S/C9H18IN3O2S.C7H15NO/c1-6(2)4-11-9(15)7(3)13-8(14)5-12-16-10;1-3-5-6-8-7(9)4-2/h6-7,12H,4-5H2,1-3H3,(H,11,15)(H,13,14);3-6H2,1-2H3,(H,8,9). The minimum atomic E-state index is -0.493. The summed E-state index contributed by atoms with van der Waals surface area (Å²) < 4.78 is 2.80. The van der Waals surface area contributed by atoms with E-state index in [-0.39, 0.29) is 24.3 Å². The molecule has 0 saturated carbocycles. The van der Waals surface area contributed by atoms with Crippen LogP contribution in [0.3, 0.4) is 0 Å². The molecule has 0 radical (unpaired) electrons. The summed E-state index contributed by atoms with van der Waals surface area (Å²) in [5.74, 6) is 0.230. The van der Waals surface area contributed by atoms with Gasteiger partial charge in [0.05, 0.1) is 6.54 Å². The predicted molar refractivity (Wildman–Crippen MR) is 113 cm³/mol. The van der Waals surface area contributed by atoms with Crippen LogP contribution in [0.2, 0.25) is 0 Å². The number of nitrogens with one attached hydrogen (secondary N) is 4. The highest BCUT2D eigenvalue weighted by Crippen LogP contribution is 2.02. The third-order valence-electron chi connectivity index (χ3n) is 2.92. The fourth-order valence-electron chi connectivity index (χ4n) is 1.44. The molecule has 0 spiro atoms.